The van der Waals surface area contributed by atoms with Crippen LogP contribution in [0.25, 0.3) is 0 Å². The SMILES string of the molecule is CCCCCCCn1cc(C(=O)C(F)(F)F)cn1. The van der Waals surface area contributed by atoms with Gasteiger partial charge in [0.05, 0.1) is 11.8 Å². The van der Waals surface area contributed by atoms with E-state index >= 15 is 0 Å². The van der Waals surface area contributed by atoms with Crippen molar-refractivity contribution in [3.8, 4) is 0 Å². The van der Waals surface area contributed by atoms with Crippen LogP contribution in [0.15, 0.2) is 12.4 Å². The van der Waals surface area contributed by atoms with Gasteiger partial charge in [-0.25, -0.2) is 0 Å². The van der Waals surface area contributed by atoms with Crippen LogP contribution < -0.4 is 0 Å². The molecule has 0 aromatic carbocycles. The number of aryl methyl sites for hydroxylation is 1. The van der Waals surface area contributed by atoms with Gasteiger partial charge in [-0.05, 0) is 6.42 Å². The van der Waals surface area contributed by atoms with Crippen LogP contribution in [-0.2, 0) is 6.54 Å². The van der Waals surface area contributed by atoms with Gasteiger partial charge in [-0.2, -0.15) is 18.3 Å². The van der Waals surface area contributed by atoms with Gasteiger partial charge in [0, 0.05) is 12.7 Å². The van der Waals surface area contributed by atoms with E-state index in [-0.39, 0.29) is 0 Å². The molecule has 0 N–H and O–H groups in total. The van der Waals surface area contributed by atoms with Crippen molar-refractivity contribution in [3.05, 3.63) is 18.0 Å². The Bertz CT molecular complexity index is 385. The zero-order valence-electron chi connectivity index (χ0n) is 10.3. The van der Waals surface area contributed by atoms with Crippen molar-refractivity contribution in [1.82, 2.24) is 9.78 Å². The molecule has 0 aliphatic heterocycles. The summed E-state index contributed by atoms with van der Waals surface area (Å²) >= 11 is 0. The fourth-order valence-corrected chi connectivity index (χ4v) is 1.64. The third-order valence-corrected chi connectivity index (χ3v) is 2.64. The fraction of sp³-hybridized carbons (Fsp3) is 0.667. The van der Waals surface area contributed by atoms with E-state index in [1.807, 2.05) is 0 Å². The summed E-state index contributed by atoms with van der Waals surface area (Å²) in [5.74, 6) is -1.83. The Morgan fingerprint density at radius 2 is 1.94 bits per heavy atom. The van der Waals surface area contributed by atoms with Gasteiger partial charge >= 0.3 is 6.18 Å². The number of rotatable bonds is 7. The van der Waals surface area contributed by atoms with Crippen molar-refractivity contribution in [2.24, 2.45) is 0 Å². The number of carbonyl (C=O) groups excluding carboxylic acids is 1. The lowest BCUT2D eigenvalue weighted by Gasteiger charge is -2.02. The standard InChI is InChI=1S/C12H17F3N2O/c1-2-3-4-5-6-7-17-9-10(8-16-17)11(18)12(13,14)15/h8-9H,2-7H2,1H3. The first-order valence-electron chi connectivity index (χ1n) is 6.09. The van der Waals surface area contributed by atoms with Crippen molar-refractivity contribution in [2.45, 2.75) is 51.7 Å². The van der Waals surface area contributed by atoms with Crippen LogP contribution in [0.5, 0.6) is 0 Å². The highest BCUT2D eigenvalue weighted by Crippen LogP contribution is 2.21. The van der Waals surface area contributed by atoms with Gasteiger partial charge in [0.15, 0.2) is 0 Å². The second-order valence-electron chi connectivity index (χ2n) is 4.23. The molecule has 3 nitrogen and oxygen atoms in total. The lowest BCUT2D eigenvalue weighted by atomic mass is 10.1. The first-order chi connectivity index (χ1) is 8.45. The molecule has 0 radical (unpaired) electrons. The molecular weight excluding hydrogens is 245 g/mol. The van der Waals surface area contributed by atoms with E-state index in [1.165, 1.54) is 4.68 Å². The first-order valence-corrected chi connectivity index (χ1v) is 6.09. The maximum absolute atomic E-state index is 12.1. The van der Waals surface area contributed by atoms with Crippen LogP contribution in [0.3, 0.4) is 0 Å². The molecule has 0 saturated heterocycles. The average Bonchev–Trinajstić information content (AvgIpc) is 2.75. The molecule has 0 unspecified atom stereocenters. The number of Topliss-reactive ketones (excluding diaryl/α,β-unsaturated/α-hetero) is 1. The molecule has 1 heterocycles. The molecule has 102 valence electrons. The molecule has 0 aliphatic rings. The molecule has 6 heteroatoms. The molecule has 0 saturated carbocycles. The molecule has 1 rings (SSSR count). The van der Waals surface area contributed by atoms with E-state index in [1.54, 1.807) is 0 Å². The summed E-state index contributed by atoms with van der Waals surface area (Å²) in [6.07, 6.45) is 2.62. The van der Waals surface area contributed by atoms with Crippen LogP contribution in [0.1, 0.15) is 49.4 Å². The monoisotopic (exact) mass is 262 g/mol. The predicted octanol–water partition coefficient (Wildman–Crippen LogP) is 3.60. The molecule has 0 atom stereocenters. The number of hydrogen-bond acceptors (Lipinski definition) is 2. The van der Waals surface area contributed by atoms with Crippen LogP contribution in [0, 0.1) is 0 Å². The van der Waals surface area contributed by atoms with Crippen LogP contribution in [0.2, 0.25) is 0 Å². The maximum Gasteiger partial charge on any atom is 0.454 e. The Morgan fingerprint density at radius 3 is 2.56 bits per heavy atom. The van der Waals surface area contributed by atoms with Gasteiger partial charge in [0.2, 0.25) is 0 Å². The number of aromatic nitrogens is 2. The second-order valence-corrected chi connectivity index (χ2v) is 4.23. The minimum atomic E-state index is -4.82. The zero-order valence-corrected chi connectivity index (χ0v) is 10.3. The highest BCUT2D eigenvalue weighted by atomic mass is 19.4. The molecule has 1 aromatic rings. The Balaban J connectivity index is 2.42. The Labute approximate surface area is 104 Å². The number of halogens is 3. The molecule has 0 aliphatic carbocycles. The largest absolute Gasteiger partial charge is 0.454 e. The summed E-state index contributed by atoms with van der Waals surface area (Å²) in [6.45, 7) is 2.66. The van der Waals surface area contributed by atoms with Gasteiger partial charge in [-0.1, -0.05) is 32.6 Å². The van der Waals surface area contributed by atoms with Crippen LogP contribution in [-0.4, -0.2) is 21.7 Å². The lowest BCUT2D eigenvalue weighted by Crippen LogP contribution is -2.22. The van der Waals surface area contributed by atoms with Gasteiger partial charge in [-0.3, -0.25) is 9.48 Å². The molecule has 0 amide bonds. The van der Waals surface area contributed by atoms with Crippen molar-refractivity contribution < 1.29 is 18.0 Å². The quantitative estimate of drug-likeness (QED) is 0.556. The molecular formula is C12H17F3N2O. The average molecular weight is 262 g/mol. The van der Waals surface area contributed by atoms with Gasteiger partial charge in [0.1, 0.15) is 0 Å². The molecule has 0 bridgehead atoms. The summed E-state index contributed by atoms with van der Waals surface area (Å²) in [6, 6.07) is 0. The summed E-state index contributed by atoms with van der Waals surface area (Å²) in [4.78, 5) is 10.9. The molecule has 1 aromatic heterocycles. The van der Waals surface area contributed by atoms with E-state index in [2.05, 4.69) is 12.0 Å². The number of unbranched alkanes of at least 4 members (excludes halogenated alkanes) is 4. The topological polar surface area (TPSA) is 34.9 Å². The van der Waals surface area contributed by atoms with Gasteiger partial charge < -0.3 is 0 Å². The predicted molar refractivity (Wildman–Crippen MR) is 61.4 cm³/mol. The normalized spacial score (nSPS) is 11.8. The van der Waals surface area contributed by atoms with Crippen molar-refractivity contribution in [1.29, 1.82) is 0 Å². The number of alkyl halides is 3. The van der Waals surface area contributed by atoms with E-state index in [9.17, 15) is 18.0 Å². The van der Waals surface area contributed by atoms with Gasteiger partial charge in [0.25, 0.3) is 5.78 Å². The Morgan fingerprint density at radius 1 is 1.28 bits per heavy atom. The Kier molecular flexibility index (Phi) is 5.37. The van der Waals surface area contributed by atoms with E-state index in [0.29, 0.717) is 6.54 Å². The van der Waals surface area contributed by atoms with Crippen molar-refractivity contribution >= 4 is 5.78 Å². The minimum absolute atomic E-state index is 0.393. The van der Waals surface area contributed by atoms with Gasteiger partial charge in [-0.15, -0.1) is 0 Å². The summed E-state index contributed by atoms with van der Waals surface area (Å²) < 4.78 is 37.8. The van der Waals surface area contributed by atoms with E-state index < -0.39 is 17.5 Å². The highest BCUT2D eigenvalue weighted by molar-refractivity contribution is 5.99. The lowest BCUT2D eigenvalue weighted by molar-refractivity contribution is -0.0885. The fourth-order valence-electron chi connectivity index (χ4n) is 1.64. The number of carbonyl (C=O) groups is 1. The Hall–Kier alpha value is -1.33. The van der Waals surface area contributed by atoms with Crippen molar-refractivity contribution in [2.75, 3.05) is 0 Å². The maximum atomic E-state index is 12.1. The third kappa shape index (κ3) is 4.50. The molecule has 0 fully saturated rings. The highest BCUT2D eigenvalue weighted by Gasteiger charge is 2.39. The van der Waals surface area contributed by atoms with E-state index in [4.69, 9.17) is 0 Å². The first kappa shape index (κ1) is 14.7. The zero-order chi connectivity index (χ0) is 13.6. The second kappa shape index (κ2) is 6.56. The summed E-state index contributed by atoms with van der Waals surface area (Å²) in [7, 11) is 0. The summed E-state index contributed by atoms with van der Waals surface area (Å²) in [5, 5.41) is 3.76. The molecule has 0 spiro atoms. The molecule has 18 heavy (non-hydrogen) atoms. The number of hydrogen-bond donors (Lipinski definition) is 0. The van der Waals surface area contributed by atoms with Crippen LogP contribution in [0.4, 0.5) is 13.2 Å². The minimum Gasteiger partial charge on any atom is -0.284 e. The summed E-state index contributed by atoms with van der Waals surface area (Å²) in [5.41, 5.74) is -0.393. The number of ketones is 1. The van der Waals surface area contributed by atoms with Crippen molar-refractivity contribution in [3.63, 3.8) is 0 Å². The number of nitrogens with zero attached hydrogens (tertiary/aromatic N) is 2. The van der Waals surface area contributed by atoms with Crippen LogP contribution >= 0.6 is 0 Å². The van der Waals surface area contributed by atoms with E-state index in [0.717, 1.165) is 44.5 Å². The third-order valence-electron chi connectivity index (χ3n) is 2.64. The smallest absolute Gasteiger partial charge is 0.284 e.